The van der Waals surface area contributed by atoms with E-state index in [0.717, 1.165) is 0 Å². The maximum Gasteiger partial charge on any atom is 0.394 e. The van der Waals surface area contributed by atoms with Gasteiger partial charge in [-0.25, -0.2) is 0 Å². The Balaban J connectivity index is 2.55. The summed E-state index contributed by atoms with van der Waals surface area (Å²) in [6.07, 6.45) is -4.48. The first-order valence-electron chi connectivity index (χ1n) is 3.26. The molecule has 1 rings (SSSR count). The lowest BCUT2D eigenvalue weighted by Crippen LogP contribution is -2.29. The van der Waals surface area contributed by atoms with Gasteiger partial charge in [-0.15, -0.1) is 0 Å². The second kappa shape index (κ2) is 2.42. The number of hydrogen-bond acceptors (Lipinski definition) is 1. The van der Waals surface area contributed by atoms with Gasteiger partial charge in [-0.1, -0.05) is 6.42 Å². The molecule has 0 heterocycles. The molecule has 0 radical (unpaired) electrons. The number of aliphatic hydroxyl groups is 1. The third-order valence-electron chi connectivity index (χ3n) is 1.90. The van der Waals surface area contributed by atoms with Crippen molar-refractivity contribution in [2.75, 3.05) is 0 Å². The van der Waals surface area contributed by atoms with Crippen molar-refractivity contribution in [3.63, 3.8) is 0 Å². The predicted octanol–water partition coefficient (Wildman–Crippen LogP) is 1.71. The molecule has 0 bridgehead atoms. The molecule has 1 N–H and O–H groups in total. The zero-order chi connectivity index (χ0) is 7.78. The second-order valence-electron chi connectivity index (χ2n) is 2.65. The fourth-order valence-electron chi connectivity index (χ4n) is 1.32. The van der Waals surface area contributed by atoms with Crippen LogP contribution >= 0.6 is 0 Å². The minimum Gasteiger partial charge on any atom is -0.392 e. The van der Waals surface area contributed by atoms with Crippen LogP contribution in [0, 0.1) is 5.92 Å². The smallest absolute Gasteiger partial charge is 0.392 e. The van der Waals surface area contributed by atoms with Crippen LogP contribution in [0.25, 0.3) is 0 Å². The monoisotopic (exact) mass is 154 g/mol. The average Bonchev–Trinajstić information content (AvgIpc) is 2.11. The second-order valence-corrected chi connectivity index (χ2v) is 2.65. The summed E-state index contributed by atoms with van der Waals surface area (Å²) in [5, 5.41) is 8.80. The van der Waals surface area contributed by atoms with Gasteiger partial charge in [0.25, 0.3) is 0 Å². The molecule has 2 atom stereocenters. The van der Waals surface area contributed by atoms with Crippen molar-refractivity contribution in [1.29, 1.82) is 0 Å². The largest absolute Gasteiger partial charge is 0.394 e. The first kappa shape index (κ1) is 7.85. The highest BCUT2D eigenvalue weighted by Gasteiger charge is 2.46. The summed E-state index contributed by atoms with van der Waals surface area (Å²) in [6, 6.07) is 0. The van der Waals surface area contributed by atoms with Crippen molar-refractivity contribution in [3.8, 4) is 0 Å². The third kappa shape index (κ3) is 1.42. The minimum atomic E-state index is -4.20. The molecule has 1 fully saturated rings. The van der Waals surface area contributed by atoms with E-state index in [1.54, 1.807) is 0 Å². The summed E-state index contributed by atoms with van der Waals surface area (Å²) < 4.78 is 35.6. The van der Waals surface area contributed by atoms with Crippen LogP contribution in [0.1, 0.15) is 19.3 Å². The van der Waals surface area contributed by atoms with E-state index in [2.05, 4.69) is 0 Å². The normalized spacial score (nSPS) is 34.8. The lowest BCUT2D eigenvalue weighted by Gasteiger charge is -2.17. The van der Waals surface area contributed by atoms with Gasteiger partial charge in [-0.2, -0.15) is 13.2 Å². The molecule has 0 saturated heterocycles. The van der Waals surface area contributed by atoms with E-state index in [-0.39, 0.29) is 6.42 Å². The molecule has 1 nitrogen and oxygen atoms in total. The van der Waals surface area contributed by atoms with Crippen molar-refractivity contribution in [2.45, 2.75) is 31.5 Å². The van der Waals surface area contributed by atoms with E-state index >= 15 is 0 Å². The van der Waals surface area contributed by atoms with Crippen LogP contribution in [0.5, 0.6) is 0 Å². The zero-order valence-corrected chi connectivity index (χ0v) is 5.36. The van der Waals surface area contributed by atoms with Crippen LogP contribution in [0.15, 0.2) is 0 Å². The van der Waals surface area contributed by atoms with Crippen molar-refractivity contribution in [3.05, 3.63) is 0 Å². The lowest BCUT2D eigenvalue weighted by molar-refractivity contribution is -0.192. The van der Waals surface area contributed by atoms with Crippen LogP contribution in [0.3, 0.4) is 0 Å². The standard InChI is InChI=1S/C6H9F3O/c7-6(8,9)4-2-1-3-5(4)10/h4-5,10H,1-3H2. The summed E-state index contributed by atoms with van der Waals surface area (Å²) in [5.74, 6) is -1.47. The van der Waals surface area contributed by atoms with Gasteiger partial charge in [-0.05, 0) is 12.8 Å². The fraction of sp³-hybridized carbons (Fsp3) is 1.00. The molecule has 10 heavy (non-hydrogen) atoms. The maximum atomic E-state index is 11.9. The lowest BCUT2D eigenvalue weighted by atomic mass is 10.1. The van der Waals surface area contributed by atoms with E-state index in [9.17, 15) is 13.2 Å². The zero-order valence-electron chi connectivity index (χ0n) is 5.36. The quantitative estimate of drug-likeness (QED) is 0.563. The van der Waals surface area contributed by atoms with E-state index in [1.807, 2.05) is 0 Å². The van der Waals surface area contributed by atoms with Gasteiger partial charge < -0.3 is 5.11 Å². The highest BCUT2D eigenvalue weighted by Crippen LogP contribution is 2.38. The molecule has 1 aliphatic rings. The molecule has 4 heteroatoms. The molecule has 0 aliphatic heterocycles. The Morgan fingerprint density at radius 3 is 2.00 bits per heavy atom. The van der Waals surface area contributed by atoms with Crippen molar-refractivity contribution >= 4 is 0 Å². The van der Waals surface area contributed by atoms with Crippen molar-refractivity contribution < 1.29 is 18.3 Å². The van der Waals surface area contributed by atoms with Crippen molar-refractivity contribution in [2.24, 2.45) is 5.92 Å². The molecular weight excluding hydrogens is 145 g/mol. The predicted molar refractivity (Wildman–Crippen MR) is 29.4 cm³/mol. The topological polar surface area (TPSA) is 20.2 Å². The molecule has 0 spiro atoms. The Bertz CT molecular complexity index is 121. The molecule has 0 aromatic carbocycles. The van der Waals surface area contributed by atoms with Crippen LogP contribution in [-0.4, -0.2) is 17.4 Å². The van der Waals surface area contributed by atoms with Gasteiger partial charge in [0.15, 0.2) is 0 Å². The number of rotatable bonds is 0. The molecule has 0 aromatic rings. The number of hydrogen-bond donors (Lipinski definition) is 1. The average molecular weight is 154 g/mol. The van der Waals surface area contributed by atoms with Crippen LogP contribution in [0.4, 0.5) is 13.2 Å². The molecule has 60 valence electrons. The van der Waals surface area contributed by atoms with E-state index in [4.69, 9.17) is 5.11 Å². The number of halogens is 3. The molecule has 2 unspecified atom stereocenters. The van der Waals surface area contributed by atoms with E-state index < -0.39 is 18.2 Å². The first-order valence-corrected chi connectivity index (χ1v) is 3.26. The molecule has 1 saturated carbocycles. The summed E-state index contributed by atoms with van der Waals surface area (Å²) in [7, 11) is 0. The number of alkyl halides is 3. The Morgan fingerprint density at radius 1 is 1.20 bits per heavy atom. The third-order valence-corrected chi connectivity index (χ3v) is 1.90. The van der Waals surface area contributed by atoms with Crippen LogP contribution < -0.4 is 0 Å². The van der Waals surface area contributed by atoms with Gasteiger partial charge in [0.1, 0.15) is 0 Å². The van der Waals surface area contributed by atoms with Gasteiger partial charge >= 0.3 is 6.18 Å². The maximum absolute atomic E-state index is 11.9. The van der Waals surface area contributed by atoms with Gasteiger partial charge in [0.05, 0.1) is 12.0 Å². The summed E-state index contributed by atoms with van der Waals surface area (Å²) >= 11 is 0. The Morgan fingerprint density at radius 2 is 1.80 bits per heavy atom. The Hall–Kier alpha value is -0.250. The fourth-order valence-corrected chi connectivity index (χ4v) is 1.32. The molecule has 0 aromatic heterocycles. The Kier molecular flexibility index (Phi) is 1.90. The van der Waals surface area contributed by atoms with Gasteiger partial charge in [0.2, 0.25) is 0 Å². The van der Waals surface area contributed by atoms with E-state index in [0.29, 0.717) is 12.8 Å². The first-order chi connectivity index (χ1) is 4.52. The summed E-state index contributed by atoms with van der Waals surface area (Å²) in [5.41, 5.74) is 0. The molecular formula is C6H9F3O. The van der Waals surface area contributed by atoms with Crippen LogP contribution in [-0.2, 0) is 0 Å². The highest BCUT2D eigenvalue weighted by atomic mass is 19.4. The summed E-state index contributed by atoms with van der Waals surface area (Å²) in [6.45, 7) is 0. The molecule has 1 aliphatic carbocycles. The van der Waals surface area contributed by atoms with Gasteiger partial charge in [-0.3, -0.25) is 0 Å². The minimum absolute atomic E-state index is 0.0880. The highest BCUT2D eigenvalue weighted by molar-refractivity contribution is 4.81. The van der Waals surface area contributed by atoms with Crippen LogP contribution in [0.2, 0.25) is 0 Å². The van der Waals surface area contributed by atoms with Crippen molar-refractivity contribution in [1.82, 2.24) is 0 Å². The van der Waals surface area contributed by atoms with E-state index in [1.165, 1.54) is 0 Å². The summed E-state index contributed by atoms with van der Waals surface area (Å²) in [4.78, 5) is 0. The van der Waals surface area contributed by atoms with Gasteiger partial charge in [0, 0.05) is 0 Å². The molecule has 0 amide bonds. The number of aliphatic hydroxyl groups excluding tert-OH is 1. The Labute approximate surface area is 56.8 Å². The SMILES string of the molecule is OC1CCCC1C(F)(F)F.